The smallest absolute Gasteiger partial charge is 0.208 e. The Kier molecular flexibility index (Phi) is 1.92. The molecule has 6 nitrogen and oxygen atoms in total. The summed E-state index contributed by atoms with van der Waals surface area (Å²) >= 11 is 0. The van der Waals surface area contributed by atoms with Crippen molar-refractivity contribution in [2.75, 3.05) is 18.4 Å². The number of aliphatic imine (C=N–C) groups is 1. The van der Waals surface area contributed by atoms with Gasteiger partial charge in [-0.25, -0.2) is 4.98 Å². The fourth-order valence-corrected chi connectivity index (χ4v) is 1.65. The maximum atomic E-state index is 9.32. The Bertz CT molecular complexity index is 559. The maximum absolute atomic E-state index is 9.32. The Morgan fingerprint density at radius 1 is 1.38 bits per heavy atom. The number of rotatable bonds is 1. The molecule has 0 aliphatic carbocycles. The first kappa shape index (κ1) is 9.02. The third kappa shape index (κ3) is 1.54. The fourth-order valence-electron chi connectivity index (χ4n) is 1.65. The first-order valence-electron chi connectivity index (χ1n) is 5.05. The summed E-state index contributed by atoms with van der Waals surface area (Å²) in [6.07, 6.45) is 0. The summed E-state index contributed by atoms with van der Waals surface area (Å²) < 4.78 is 0. The number of phenolic OH excluding ortho intramolecular Hbond substituents is 1. The molecule has 2 aromatic rings. The van der Waals surface area contributed by atoms with Gasteiger partial charge in [0.2, 0.25) is 5.95 Å². The number of hydrogen-bond donors (Lipinski definition) is 4. The number of aromatic amines is 1. The molecule has 0 saturated heterocycles. The van der Waals surface area contributed by atoms with Gasteiger partial charge in [-0.3, -0.25) is 10.3 Å². The molecule has 6 heteroatoms. The second-order valence-electron chi connectivity index (χ2n) is 3.57. The maximum Gasteiger partial charge on any atom is 0.208 e. The number of hydrogen-bond acceptors (Lipinski definition) is 5. The van der Waals surface area contributed by atoms with Crippen molar-refractivity contribution in [2.24, 2.45) is 4.99 Å². The molecule has 0 amide bonds. The van der Waals surface area contributed by atoms with Crippen LogP contribution in [0.5, 0.6) is 5.75 Å². The monoisotopic (exact) mass is 217 g/mol. The molecular weight excluding hydrogens is 206 g/mol. The summed E-state index contributed by atoms with van der Waals surface area (Å²) in [5.41, 5.74) is 1.60. The third-order valence-electron chi connectivity index (χ3n) is 2.38. The van der Waals surface area contributed by atoms with Crippen LogP contribution in [0.2, 0.25) is 0 Å². The van der Waals surface area contributed by atoms with Gasteiger partial charge >= 0.3 is 0 Å². The van der Waals surface area contributed by atoms with E-state index in [9.17, 15) is 5.11 Å². The molecule has 1 aromatic carbocycles. The quantitative estimate of drug-likeness (QED) is 0.564. The van der Waals surface area contributed by atoms with Crippen molar-refractivity contribution < 1.29 is 5.11 Å². The second kappa shape index (κ2) is 3.41. The minimum atomic E-state index is 0.221. The van der Waals surface area contributed by atoms with E-state index < -0.39 is 0 Å². The number of nitrogens with zero attached hydrogens (tertiary/aromatic N) is 2. The van der Waals surface area contributed by atoms with E-state index in [1.807, 2.05) is 0 Å². The molecule has 0 radical (unpaired) electrons. The lowest BCUT2D eigenvalue weighted by molar-refractivity contribution is 0.476. The van der Waals surface area contributed by atoms with Gasteiger partial charge in [-0.05, 0) is 12.1 Å². The van der Waals surface area contributed by atoms with Crippen molar-refractivity contribution in [1.82, 2.24) is 15.3 Å². The number of anilines is 1. The first-order valence-corrected chi connectivity index (χ1v) is 5.05. The topological polar surface area (TPSA) is 85.3 Å². The van der Waals surface area contributed by atoms with E-state index in [1.165, 1.54) is 0 Å². The molecule has 0 fully saturated rings. The molecule has 4 N–H and O–H groups in total. The molecule has 1 aromatic heterocycles. The van der Waals surface area contributed by atoms with Gasteiger partial charge in [-0.2, -0.15) is 0 Å². The fraction of sp³-hybridized carbons (Fsp3) is 0.200. The molecule has 3 rings (SSSR count). The number of H-pyrrole nitrogens is 1. The van der Waals surface area contributed by atoms with Crippen molar-refractivity contribution in [3.63, 3.8) is 0 Å². The Morgan fingerprint density at radius 2 is 2.31 bits per heavy atom. The van der Waals surface area contributed by atoms with Gasteiger partial charge in [0, 0.05) is 12.6 Å². The molecule has 1 aliphatic heterocycles. The molecular formula is C10H11N5O. The highest BCUT2D eigenvalue weighted by Gasteiger charge is 2.08. The number of aromatic nitrogens is 2. The van der Waals surface area contributed by atoms with Crippen LogP contribution in [0.25, 0.3) is 11.0 Å². The van der Waals surface area contributed by atoms with Gasteiger partial charge < -0.3 is 15.4 Å². The van der Waals surface area contributed by atoms with Gasteiger partial charge in [0.25, 0.3) is 0 Å². The molecule has 1 aliphatic rings. The van der Waals surface area contributed by atoms with Crippen LogP contribution >= 0.6 is 0 Å². The summed E-state index contributed by atoms with van der Waals surface area (Å²) in [6.45, 7) is 1.63. The predicted octanol–water partition coefficient (Wildman–Crippen LogP) is 0.640. The van der Waals surface area contributed by atoms with Crippen LogP contribution < -0.4 is 10.6 Å². The predicted molar refractivity (Wildman–Crippen MR) is 61.7 cm³/mol. The van der Waals surface area contributed by atoms with Crippen LogP contribution in [0.4, 0.5) is 5.95 Å². The lowest BCUT2D eigenvalue weighted by atomic mass is 10.3. The van der Waals surface area contributed by atoms with Crippen LogP contribution in [-0.2, 0) is 0 Å². The number of phenols is 1. The van der Waals surface area contributed by atoms with Gasteiger partial charge in [-0.15, -0.1) is 0 Å². The average molecular weight is 217 g/mol. The molecule has 0 unspecified atom stereocenters. The molecule has 0 bridgehead atoms. The van der Waals surface area contributed by atoms with Crippen LogP contribution in [0.1, 0.15) is 0 Å². The molecule has 82 valence electrons. The van der Waals surface area contributed by atoms with Gasteiger partial charge in [0.1, 0.15) is 5.75 Å². The zero-order chi connectivity index (χ0) is 11.0. The molecule has 0 spiro atoms. The summed E-state index contributed by atoms with van der Waals surface area (Å²) in [5, 5.41) is 15.5. The normalized spacial score (nSPS) is 14.9. The number of nitrogens with one attached hydrogen (secondary N) is 3. The zero-order valence-electron chi connectivity index (χ0n) is 8.49. The van der Waals surface area contributed by atoms with E-state index in [0.717, 1.165) is 30.1 Å². The van der Waals surface area contributed by atoms with Gasteiger partial charge in [0.15, 0.2) is 5.96 Å². The SMILES string of the molecule is Oc1ccc2nc(NC3=NCCN3)[nH]c2c1. The van der Waals surface area contributed by atoms with E-state index >= 15 is 0 Å². The van der Waals surface area contributed by atoms with Gasteiger partial charge in [0.05, 0.1) is 17.6 Å². The summed E-state index contributed by atoms with van der Waals surface area (Å²) in [4.78, 5) is 11.6. The lowest BCUT2D eigenvalue weighted by Crippen LogP contribution is -2.26. The van der Waals surface area contributed by atoms with Crippen molar-refractivity contribution in [2.45, 2.75) is 0 Å². The highest BCUT2D eigenvalue weighted by atomic mass is 16.3. The van der Waals surface area contributed by atoms with Crippen LogP contribution in [-0.4, -0.2) is 34.1 Å². The number of imidazole rings is 1. The molecule has 0 saturated carbocycles. The van der Waals surface area contributed by atoms with E-state index in [1.54, 1.807) is 18.2 Å². The molecule has 2 heterocycles. The molecule has 16 heavy (non-hydrogen) atoms. The van der Waals surface area contributed by atoms with E-state index in [2.05, 4.69) is 25.6 Å². The largest absolute Gasteiger partial charge is 0.508 e. The Hall–Kier alpha value is -2.24. The highest BCUT2D eigenvalue weighted by Crippen LogP contribution is 2.19. The average Bonchev–Trinajstić information content (AvgIpc) is 2.86. The number of guanidine groups is 1. The Morgan fingerprint density at radius 3 is 3.12 bits per heavy atom. The third-order valence-corrected chi connectivity index (χ3v) is 2.38. The second-order valence-corrected chi connectivity index (χ2v) is 3.57. The number of fused-ring (bicyclic) bond motifs is 1. The minimum Gasteiger partial charge on any atom is -0.508 e. The molecule has 0 atom stereocenters. The van der Waals surface area contributed by atoms with Crippen LogP contribution in [0.3, 0.4) is 0 Å². The van der Waals surface area contributed by atoms with Gasteiger partial charge in [-0.1, -0.05) is 0 Å². The van der Waals surface area contributed by atoms with E-state index in [4.69, 9.17) is 0 Å². The Balaban J connectivity index is 1.92. The minimum absolute atomic E-state index is 0.221. The van der Waals surface area contributed by atoms with Crippen molar-refractivity contribution in [1.29, 1.82) is 0 Å². The van der Waals surface area contributed by atoms with Crippen molar-refractivity contribution in [3.8, 4) is 5.75 Å². The van der Waals surface area contributed by atoms with Crippen molar-refractivity contribution >= 4 is 22.9 Å². The number of aromatic hydroxyl groups is 1. The lowest BCUT2D eigenvalue weighted by Gasteiger charge is -2.01. The number of benzene rings is 1. The highest BCUT2D eigenvalue weighted by molar-refractivity contribution is 5.94. The van der Waals surface area contributed by atoms with Crippen molar-refractivity contribution in [3.05, 3.63) is 18.2 Å². The summed E-state index contributed by atoms with van der Waals surface area (Å²) in [6, 6.07) is 5.01. The standard InChI is InChI=1S/C10H11N5O/c16-6-1-2-7-8(5-6)14-10(13-7)15-9-11-3-4-12-9/h1-2,5,16H,3-4H2,(H3,11,12,13,14,15). The summed E-state index contributed by atoms with van der Waals surface area (Å²) in [7, 11) is 0. The summed E-state index contributed by atoms with van der Waals surface area (Å²) in [5.74, 6) is 1.57. The zero-order valence-corrected chi connectivity index (χ0v) is 8.49. The van der Waals surface area contributed by atoms with E-state index in [-0.39, 0.29) is 5.75 Å². The van der Waals surface area contributed by atoms with Crippen LogP contribution in [0, 0.1) is 0 Å². The first-order chi connectivity index (χ1) is 7.81. The van der Waals surface area contributed by atoms with Crippen LogP contribution in [0.15, 0.2) is 23.2 Å². The van der Waals surface area contributed by atoms with E-state index in [0.29, 0.717) is 5.95 Å². The Labute approximate surface area is 91.4 Å².